The van der Waals surface area contributed by atoms with Gasteiger partial charge in [0.1, 0.15) is 18.1 Å². The van der Waals surface area contributed by atoms with Gasteiger partial charge in [-0.2, -0.15) is 13.2 Å². The Morgan fingerprint density at radius 3 is 2.63 bits per heavy atom. The fraction of sp³-hybridized carbons (Fsp3) is 0.364. The zero-order valence-corrected chi connectivity index (χ0v) is 9.76. The normalized spacial score (nSPS) is 11.4. The van der Waals surface area contributed by atoms with E-state index in [-0.39, 0.29) is 17.8 Å². The predicted molar refractivity (Wildman–Crippen MR) is 60.9 cm³/mol. The van der Waals surface area contributed by atoms with E-state index in [0.29, 0.717) is 0 Å². The molecule has 1 amide bonds. The summed E-state index contributed by atoms with van der Waals surface area (Å²) in [6.07, 6.45) is -4.77. The highest BCUT2D eigenvalue weighted by molar-refractivity contribution is 5.93. The Hall–Kier alpha value is -1.83. The maximum absolute atomic E-state index is 13.3. The Morgan fingerprint density at radius 1 is 1.37 bits per heavy atom. The predicted octanol–water partition coefficient (Wildman–Crippen LogP) is 2.32. The van der Waals surface area contributed by atoms with Crippen molar-refractivity contribution in [2.24, 2.45) is 0 Å². The smallest absolute Gasteiger partial charge is 0.397 e. The van der Waals surface area contributed by atoms with Crippen molar-refractivity contribution in [3.63, 3.8) is 0 Å². The largest absolute Gasteiger partial charge is 0.411 e. The number of carbonyl (C=O) groups excluding carboxylic acids is 1. The standard InChI is InChI=1S/C11H12F4N2O2/c12-7-2-1-3-8(16)10(7)17-9(18)4-5-19-6-11(13,14)15/h1-3H,4-6,16H2,(H,17,18). The third kappa shape index (κ3) is 5.56. The molecule has 106 valence electrons. The van der Waals surface area contributed by atoms with Gasteiger partial charge in [-0.05, 0) is 12.1 Å². The molecular weight excluding hydrogens is 268 g/mol. The SMILES string of the molecule is Nc1cccc(F)c1NC(=O)CCOCC(F)(F)F. The second kappa shape index (κ2) is 6.37. The summed E-state index contributed by atoms with van der Waals surface area (Å²) in [6, 6.07) is 3.86. The Balaban J connectivity index is 2.40. The average Bonchev–Trinajstić information content (AvgIpc) is 2.28. The highest BCUT2D eigenvalue weighted by Gasteiger charge is 2.27. The molecule has 0 bridgehead atoms. The molecule has 1 aromatic carbocycles. The molecular formula is C11H12F4N2O2. The molecule has 0 aliphatic carbocycles. The molecule has 0 aliphatic heterocycles. The third-order valence-corrected chi connectivity index (χ3v) is 2.05. The molecule has 0 saturated heterocycles. The van der Waals surface area contributed by atoms with Crippen LogP contribution in [0.1, 0.15) is 6.42 Å². The molecule has 0 saturated carbocycles. The Labute approximate surface area is 106 Å². The van der Waals surface area contributed by atoms with E-state index in [9.17, 15) is 22.4 Å². The number of halogens is 4. The van der Waals surface area contributed by atoms with Crippen molar-refractivity contribution in [3.05, 3.63) is 24.0 Å². The van der Waals surface area contributed by atoms with Crippen molar-refractivity contribution in [2.75, 3.05) is 24.3 Å². The molecule has 0 unspecified atom stereocenters. The molecule has 0 aliphatic rings. The van der Waals surface area contributed by atoms with Gasteiger partial charge in [-0.3, -0.25) is 4.79 Å². The minimum absolute atomic E-state index is 0.0320. The molecule has 1 rings (SSSR count). The quantitative estimate of drug-likeness (QED) is 0.494. The van der Waals surface area contributed by atoms with Crippen molar-refractivity contribution >= 4 is 17.3 Å². The van der Waals surface area contributed by atoms with Gasteiger partial charge >= 0.3 is 6.18 Å². The van der Waals surface area contributed by atoms with Crippen LogP contribution >= 0.6 is 0 Å². The summed E-state index contributed by atoms with van der Waals surface area (Å²) in [4.78, 5) is 11.3. The van der Waals surface area contributed by atoms with Crippen molar-refractivity contribution in [2.45, 2.75) is 12.6 Å². The van der Waals surface area contributed by atoms with E-state index >= 15 is 0 Å². The van der Waals surface area contributed by atoms with Gasteiger partial charge in [-0.15, -0.1) is 0 Å². The number of nitrogen functional groups attached to an aromatic ring is 1. The van der Waals surface area contributed by atoms with Gasteiger partial charge in [-0.25, -0.2) is 4.39 Å². The molecule has 8 heteroatoms. The number of carbonyl (C=O) groups is 1. The van der Waals surface area contributed by atoms with Gasteiger partial charge in [0.15, 0.2) is 0 Å². The molecule has 0 atom stereocenters. The first-order valence-electron chi connectivity index (χ1n) is 5.28. The average molecular weight is 280 g/mol. The van der Waals surface area contributed by atoms with Gasteiger partial charge in [0.05, 0.1) is 18.7 Å². The Bertz CT molecular complexity index is 429. The maximum atomic E-state index is 13.3. The van der Waals surface area contributed by atoms with Gasteiger partial charge in [0.2, 0.25) is 5.91 Å². The van der Waals surface area contributed by atoms with Crippen LogP contribution in [0, 0.1) is 5.82 Å². The van der Waals surface area contributed by atoms with E-state index < -0.39 is 31.1 Å². The number of nitrogens with two attached hydrogens (primary N) is 1. The number of anilines is 2. The fourth-order valence-corrected chi connectivity index (χ4v) is 1.23. The fourth-order valence-electron chi connectivity index (χ4n) is 1.23. The second-order valence-corrected chi connectivity index (χ2v) is 3.67. The summed E-state index contributed by atoms with van der Waals surface area (Å²) in [5, 5.41) is 2.18. The van der Waals surface area contributed by atoms with Crippen molar-refractivity contribution in [1.29, 1.82) is 0 Å². The molecule has 0 aromatic heterocycles. The van der Waals surface area contributed by atoms with Crippen LogP contribution in [0.2, 0.25) is 0 Å². The van der Waals surface area contributed by atoms with E-state index in [1.54, 1.807) is 0 Å². The number of benzene rings is 1. The number of amides is 1. The lowest BCUT2D eigenvalue weighted by Gasteiger charge is -2.10. The van der Waals surface area contributed by atoms with Crippen LogP contribution in [0.3, 0.4) is 0 Å². The minimum atomic E-state index is -4.44. The lowest BCUT2D eigenvalue weighted by Crippen LogP contribution is -2.20. The first kappa shape index (κ1) is 15.2. The van der Waals surface area contributed by atoms with E-state index in [0.717, 1.165) is 6.07 Å². The van der Waals surface area contributed by atoms with Crippen LogP contribution in [0.5, 0.6) is 0 Å². The van der Waals surface area contributed by atoms with Gasteiger partial charge in [0, 0.05) is 0 Å². The molecule has 0 heterocycles. The monoisotopic (exact) mass is 280 g/mol. The number of hydrogen-bond acceptors (Lipinski definition) is 3. The first-order valence-corrected chi connectivity index (χ1v) is 5.28. The summed E-state index contributed by atoms with van der Waals surface area (Å²) in [5.74, 6) is -1.40. The van der Waals surface area contributed by atoms with E-state index in [1.807, 2.05) is 0 Å². The molecule has 19 heavy (non-hydrogen) atoms. The molecule has 4 nitrogen and oxygen atoms in total. The number of alkyl halides is 3. The van der Waals surface area contributed by atoms with Crippen LogP contribution in [-0.2, 0) is 9.53 Å². The Kier molecular flexibility index (Phi) is 5.11. The summed E-state index contributed by atoms with van der Waals surface area (Å²) in [7, 11) is 0. The van der Waals surface area contributed by atoms with Crippen molar-refractivity contribution < 1.29 is 27.1 Å². The van der Waals surface area contributed by atoms with Crippen molar-refractivity contribution in [1.82, 2.24) is 0 Å². The van der Waals surface area contributed by atoms with E-state index in [2.05, 4.69) is 10.1 Å². The molecule has 0 fully saturated rings. The second-order valence-electron chi connectivity index (χ2n) is 3.67. The number of hydrogen-bond donors (Lipinski definition) is 2. The van der Waals surface area contributed by atoms with Crippen LogP contribution in [0.15, 0.2) is 18.2 Å². The molecule has 3 N–H and O–H groups in total. The highest BCUT2D eigenvalue weighted by atomic mass is 19.4. The lowest BCUT2D eigenvalue weighted by atomic mass is 10.2. The summed E-state index contributed by atoms with van der Waals surface area (Å²) in [5.41, 5.74) is 5.29. The van der Waals surface area contributed by atoms with E-state index in [4.69, 9.17) is 5.73 Å². The van der Waals surface area contributed by atoms with Crippen molar-refractivity contribution in [3.8, 4) is 0 Å². The molecule has 0 spiro atoms. The lowest BCUT2D eigenvalue weighted by molar-refractivity contribution is -0.174. The summed E-state index contributed by atoms with van der Waals surface area (Å²) >= 11 is 0. The van der Waals surface area contributed by atoms with Gasteiger partial charge < -0.3 is 15.8 Å². The van der Waals surface area contributed by atoms with Crippen LogP contribution in [0.25, 0.3) is 0 Å². The van der Waals surface area contributed by atoms with Gasteiger partial charge in [0.25, 0.3) is 0 Å². The highest BCUT2D eigenvalue weighted by Crippen LogP contribution is 2.21. The van der Waals surface area contributed by atoms with Crippen LogP contribution in [-0.4, -0.2) is 25.3 Å². The topological polar surface area (TPSA) is 64.3 Å². The minimum Gasteiger partial charge on any atom is -0.397 e. The van der Waals surface area contributed by atoms with Crippen LogP contribution in [0.4, 0.5) is 28.9 Å². The summed E-state index contributed by atoms with van der Waals surface area (Å²) in [6.45, 7) is -1.85. The number of ether oxygens (including phenoxy) is 1. The molecule has 0 radical (unpaired) electrons. The van der Waals surface area contributed by atoms with Crippen LogP contribution < -0.4 is 11.1 Å². The zero-order chi connectivity index (χ0) is 14.5. The number of rotatable bonds is 5. The molecule has 1 aromatic rings. The third-order valence-electron chi connectivity index (χ3n) is 2.05. The Morgan fingerprint density at radius 2 is 2.05 bits per heavy atom. The number of para-hydroxylation sites is 1. The number of nitrogens with one attached hydrogen (secondary N) is 1. The van der Waals surface area contributed by atoms with E-state index in [1.165, 1.54) is 12.1 Å². The first-order chi connectivity index (χ1) is 8.79. The van der Waals surface area contributed by atoms with Gasteiger partial charge in [-0.1, -0.05) is 6.07 Å². The maximum Gasteiger partial charge on any atom is 0.411 e. The summed E-state index contributed by atoms with van der Waals surface area (Å²) < 4.78 is 52.8. The zero-order valence-electron chi connectivity index (χ0n) is 9.76.